The number of nitrogens with zero attached hydrogens (tertiary/aromatic N) is 1. The predicted octanol–water partition coefficient (Wildman–Crippen LogP) is 1.51. The molecule has 2 aromatic heterocycles. The average Bonchev–Trinajstić information content (AvgIpc) is 2.74. The molecular weight excluding hydrogens is 408 g/mol. The minimum absolute atomic E-state index is 0.0168. The van der Waals surface area contributed by atoms with Crippen LogP contribution in [0.25, 0.3) is 21.9 Å². The van der Waals surface area contributed by atoms with Crippen molar-refractivity contribution in [3.8, 4) is 5.75 Å². The van der Waals surface area contributed by atoms with Crippen LogP contribution in [0.4, 0.5) is 0 Å². The van der Waals surface area contributed by atoms with Gasteiger partial charge in [-0.25, -0.2) is 13.1 Å². The van der Waals surface area contributed by atoms with Crippen molar-refractivity contribution < 1.29 is 13.2 Å². The van der Waals surface area contributed by atoms with Crippen LogP contribution in [0, 0.1) is 0 Å². The maximum atomic E-state index is 12.5. The first-order valence-corrected chi connectivity index (χ1v) is 10.6. The largest absolute Gasteiger partial charge is 0.491 e. The van der Waals surface area contributed by atoms with Gasteiger partial charge in [0.25, 0.3) is 0 Å². The van der Waals surface area contributed by atoms with Gasteiger partial charge in [0.2, 0.25) is 10.0 Å². The molecule has 0 unspecified atom stereocenters. The van der Waals surface area contributed by atoms with Gasteiger partial charge in [-0.05, 0) is 36.8 Å². The second-order valence-corrected chi connectivity index (χ2v) is 8.31. The van der Waals surface area contributed by atoms with Crippen LogP contribution in [0.15, 0.2) is 69.2 Å². The lowest BCUT2D eigenvalue weighted by molar-refractivity contribution is 0.314. The Balaban J connectivity index is 1.38. The highest BCUT2D eigenvalue weighted by atomic mass is 32.2. The van der Waals surface area contributed by atoms with Crippen LogP contribution >= 0.6 is 0 Å². The maximum absolute atomic E-state index is 12.5. The summed E-state index contributed by atoms with van der Waals surface area (Å²) in [7, 11) is -3.79. The molecule has 0 spiro atoms. The van der Waals surface area contributed by atoms with E-state index in [1.165, 1.54) is 18.2 Å². The quantitative estimate of drug-likeness (QED) is 0.303. The van der Waals surface area contributed by atoms with E-state index in [0.29, 0.717) is 24.3 Å². The molecule has 0 aliphatic carbocycles. The number of hydrogen-bond acceptors (Lipinski definition) is 6. The van der Waals surface area contributed by atoms with Crippen molar-refractivity contribution in [2.45, 2.75) is 11.3 Å². The van der Waals surface area contributed by atoms with E-state index in [1.807, 2.05) is 30.3 Å². The number of aromatic amines is 2. The van der Waals surface area contributed by atoms with Crippen LogP contribution in [0.1, 0.15) is 6.42 Å². The lowest BCUT2D eigenvalue weighted by Crippen LogP contribution is -2.29. The summed E-state index contributed by atoms with van der Waals surface area (Å²) >= 11 is 0. The van der Waals surface area contributed by atoms with E-state index in [2.05, 4.69) is 19.7 Å². The highest BCUT2D eigenvalue weighted by molar-refractivity contribution is 7.89. The smallest absolute Gasteiger partial charge is 0.314 e. The van der Waals surface area contributed by atoms with Crippen LogP contribution < -0.4 is 20.6 Å². The molecular formula is C20H18N4O5S. The first kappa shape index (κ1) is 19.8. The van der Waals surface area contributed by atoms with Crippen molar-refractivity contribution in [1.29, 1.82) is 0 Å². The fraction of sp³-hybridized carbons (Fsp3) is 0.150. The van der Waals surface area contributed by atoms with Gasteiger partial charge in [0, 0.05) is 18.1 Å². The topological polar surface area (TPSA) is 134 Å². The zero-order valence-electron chi connectivity index (χ0n) is 15.7. The van der Waals surface area contributed by atoms with Crippen LogP contribution in [0.5, 0.6) is 5.75 Å². The van der Waals surface area contributed by atoms with E-state index in [4.69, 9.17) is 4.74 Å². The summed E-state index contributed by atoms with van der Waals surface area (Å²) in [5.74, 6) is 0.642. The summed E-state index contributed by atoms with van der Waals surface area (Å²) in [4.78, 5) is 31.8. The molecule has 2 heterocycles. The lowest BCUT2D eigenvalue weighted by atomic mass is 10.2. The van der Waals surface area contributed by atoms with Gasteiger partial charge >= 0.3 is 11.1 Å². The molecule has 4 aromatic rings. The molecule has 0 saturated carbocycles. The van der Waals surface area contributed by atoms with E-state index in [1.54, 1.807) is 6.20 Å². The summed E-state index contributed by atoms with van der Waals surface area (Å²) in [6.45, 7) is 0.477. The molecule has 0 saturated heterocycles. The molecule has 154 valence electrons. The van der Waals surface area contributed by atoms with E-state index in [0.717, 1.165) is 10.9 Å². The molecule has 3 N–H and O–H groups in total. The van der Waals surface area contributed by atoms with Crippen molar-refractivity contribution in [2.75, 3.05) is 13.2 Å². The van der Waals surface area contributed by atoms with Crippen molar-refractivity contribution in [3.63, 3.8) is 0 Å². The second kappa shape index (κ2) is 8.09. The number of nitrogens with one attached hydrogen (secondary N) is 3. The van der Waals surface area contributed by atoms with E-state index in [9.17, 15) is 18.0 Å². The van der Waals surface area contributed by atoms with Crippen molar-refractivity contribution in [1.82, 2.24) is 19.7 Å². The molecule has 0 atom stereocenters. The third-order valence-corrected chi connectivity index (χ3v) is 5.93. The third-order valence-electron chi connectivity index (χ3n) is 4.47. The number of sulfonamides is 1. The Bertz CT molecular complexity index is 1440. The van der Waals surface area contributed by atoms with E-state index < -0.39 is 21.1 Å². The molecule has 9 nitrogen and oxygen atoms in total. The van der Waals surface area contributed by atoms with Gasteiger partial charge in [-0.3, -0.25) is 14.6 Å². The number of benzene rings is 2. The number of pyridine rings is 1. The summed E-state index contributed by atoms with van der Waals surface area (Å²) < 4.78 is 33.3. The van der Waals surface area contributed by atoms with Crippen LogP contribution in [0.2, 0.25) is 0 Å². The normalized spacial score (nSPS) is 11.7. The Hall–Kier alpha value is -3.50. The van der Waals surface area contributed by atoms with Crippen molar-refractivity contribution in [3.05, 3.63) is 75.4 Å². The van der Waals surface area contributed by atoms with Crippen molar-refractivity contribution in [2.24, 2.45) is 0 Å². The Morgan fingerprint density at radius 3 is 2.57 bits per heavy atom. The summed E-state index contributed by atoms with van der Waals surface area (Å²) in [6, 6.07) is 13.5. The minimum Gasteiger partial charge on any atom is -0.491 e. The fourth-order valence-electron chi connectivity index (χ4n) is 3.00. The second-order valence-electron chi connectivity index (χ2n) is 6.55. The van der Waals surface area contributed by atoms with Crippen LogP contribution in [-0.2, 0) is 10.0 Å². The molecule has 0 fully saturated rings. The summed E-state index contributed by atoms with van der Waals surface area (Å²) in [5, 5.41) is 0.964. The van der Waals surface area contributed by atoms with Gasteiger partial charge in [-0.15, -0.1) is 0 Å². The minimum atomic E-state index is -3.79. The Morgan fingerprint density at radius 2 is 1.73 bits per heavy atom. The number of hydrogen-bond donors (Lipinski definition) is 3. The third kappa shape index (κ3) is 4.09. The average molecular weight is 426 g/mol. The highest BCUT2D eigenvalue weighted by Crippen LogP contribution is 2.23. The Morgan fingerprint density at radius 1 is 0.967 bits per heavy atom. The zero-order valence-corrected chi connectivity index (χ0v) is 16.5. The molecule has 10 heteroatoms. The lowest BCUT2D eigenvalue weighted by Gasteiger charge is -2.10. The number of rotatable bonds is 7. The first-order chi connectivity index (χ1) is 14.4. The Kier molecular flexibility index (Phi) is 5.34. The number of ether oxygens (including phenoxy) is 1. The number of fused-ring (bicyclic) bond motifs is 2. The molecule has 4 rings (SSSR count). The van der Waals surface area contributed by atoms with Gasteiger partial charge in [-0.1, -0.05) is 18.2 Å². The number of H-pyrrole nitrogens is 2. The van der Waals surface area contributed by atoms with Crippen LogP contribution in [-0.4, -0.2) is 36.5 Å². The monoisotopic (exact) mass is 426 g/mol. The number of para-hydroxylation sites is 1. The van der Waals surface area contributed by atoms with E-state index >= 15 is 0 Å². The van der Waals surface area contributed by atoms with Gasteiger partial charge in [0.15, 0.2) is 0 Å². The predicted molar refractivity (Wildman–Crippen MR) is 112 cm³/mol. The summed E-state index contributed by atoms with van der Waals surface area (Å²) in [6.07, 6.45) is 2.13. The van der Waals surface area contributed by atoms with Gasteiger partial charge < -0.3 is 14.7 Å². The Labute approximate surface area is 170 Å². The SMILES string of the molecule is O=c1[nH]c2ccc(S(=O)(=O)NCCCOc3cccc4cccnc34)cc2[nH]c1=O. The van der Waals surface area contributed by atoms with E-state index in [-0.39, 0.29) is 17.0 Å². The molecule has 0 bridgehead atoms. The van der Waals surface area contributed by atoms with Gasteiger partial charge in [0.05, 0.1) is 22.5 Å². The fourth-order valence-corrected chi connectivity index (χ4v) is 4.10. The number of aromatic nitrogens is 3. The zero-order chi connectivity index (χ0) is 21.1. The van der Waals surface area contributed by atoms with Crippen LogP contribution in [0.3, 0.4) is 0 Å². The van der Waals surface area contributed by atoms with Gasteiger partial charge in [0.1, 0.15) is 11.3 Å². The molecule has 0 aliphatic rings. The standard InChI is InChI=1S/C20H18N4O5S/c25-19-20(26)24-16-12-14(7-8-15(16)23-19)30(27,28)22-10-3-11-29-17-6-1-4-13-5-2-9-21-18(13)17/h1-2,4-9,12,22H,3,10-11H2,(H,23,25)(H,24,26). The molecule has 0 aliphatic heterocycles. The first-order valence-electron chi connectivity index (χ1n) is 9.17. The summed E-state index contributed by atoms with van der Waals surface area (Å²) in [5.41, 5.74) is -0.309. The van der Waals surface area contributed by atoms with Crippen molar-refractivity contribution >= 4 is 32.0 Å². The van der Waals surface area contributed by atoms with Gasteiger partial charge in [-0.2, -0.15) is 0 Å². The molecule has 30 heavy (non-hydrogen) atoms. The molecule has 0 amide bonds. The highest BCUT2D eigenvalue weighted by Gasteiger charge is 2.14. The molecule has 2 aromatic carbocycles. The maximum Gasteiger partial charge on any atom is 0.314 e. The molecule has 0 radical (unpaired) electrons.